The minimum absolute atomic E-state index is 0.246. The molecule has 1 aliphatic heterocycles. The number of hydrogen-bond acceptors (Lipinski definition) is 8. The Kier molecular flexibility index (Phi) is 10.5. The first kappa shape index (κ1) is 30.1. The van der Waals surface area contributed by atoms with E-state index < -0.39 is 0 Å². The van der Waals surface area contributed by atoms with Gasteiger partial charge in [0, 0.05) is 42.2 Å². The summed E-state index contributed by atoms with van der Waals surface area (Å²) in [6.07, 6.45) is 15.8. The van der Waals surface area contributed by atoms with Crippen molar-refractivity contribution >= 4 is 51.7 Å². The lowest BCUT2D eigenvalue weighted by molar-refractivity contribution is -0.111. The van der Waals surface area contributed by atoms with E-state index in [1.54, 1.807) is 42.6 Å². The molecule has 0 aliphatic carbocycles. The molecule has 0 unspecified atom stereocenters. The second-order valence-electron chi connectivity index (χ2n) is 9.38. The first-order chi connectivity index (χ1) is 20.4. The third kappa shape index (κ3) is 8.07. The van der Waals surface area contributed by atoms with E-state index >= 15 is 0 Å². The normalized spacial score (nSPS) is 14.1. The van der Waals surface area contributed by atoms with Gasteiger partial charge < -0.3 is 25.0 Å². The van der Waals surface area contributed by atoms with Crippen LogP contribution in [0.15, 0.2) is 89.8 Å². The Morgan fingerprint density at radius 2 is 1.95 bits per heavy atom. The minimum atomic E-state index is -0.299. The van der Waals surface area contributed by atoms with Gasteiger partial charge in [0.05, 0.1) is 39.8 Å². The lowest BCUT2D eigenvalue weighted by atomic mass is 10.1. The van der Waals surface area contributed by atoms with E-state index in [0.717, 1.165) is 5.70 Å². The van der Waals surface area contributed by atoms with Gasteiger partial charge in [-0.05, 0) is 57.4 Å². The molecule has 1 aromatic heterocycles. The van der Waals surface area contributed by atoms with Crippen molar-refractivity contribution < 1.29 is 14.3 Å². The molecule has 214 valence electrons. The standard InChI is InChI=1S/C32H31ClN6O3/c1-4-41-30-18-27-25(17-28(30)38-31(40)11-9-15-39(2)3)32(22(19-34)20-36-27)37-23-12-13-29(26(33)16-23)42-21-24-10-7-5-6-8-14-35-24/h5-14,16-18,20H,4,15,21H2,1-3H3,(H,36,37)(H,38,40)/b6-5?,7-5-,8-6+,10-7?,11-9+,14-8?,24-10?,35-14?,35-24?. The smallest absolute Gasteiger partial charge is 0.248 e. The molecule has 1 amide bonds. The number of halogens is 1. The Bertz CT molecular complexity index is 1650. The van der Waals surface area contributed by atoms with Gasteiger partial charge in [0.2, 0.25) is 5.91 Å². The molecular weight excluding hydrogens is 552 g/mol. The van der Waals surface area contributed by atoms with Gasteiger partial charge >= 0.3 is 0 Å². The molecule has 42 heavy (non-hydrogen) atoms. The number of pyridine rings is 1. The third-order valence-electron chi connectivity index (χ3n) is 5.91. The maximum atomic E-state index is 12.6. The van der Waals surface area contributed by atoms with Crippen molar-refractivity contribution in [2.45, 2.75) is 6.92 Å². The van der Waals surface area contributed by atoms with Gasteiger partial charge in [-0.15, -0.1) is 0 Å². The van der Waals surface area contributed by atoms with Crippen LogP contribution < -0.4 is 20.1 Å². The number of nitrogens with zero attached hydrogens (tertiary/aromatic N) is 4. The molecule has 10 heteroatoms. The summed E-state index contributed by atoms with van der Waals surface area (Å²) in [7, 11) is 3.84. The highest BCUT2D eigenvalue weighted by Crippen LogP contribution is 2.37. The van der Waals surface area contributed by atoms with Gasteiger partial charge in [0.25, 0.3) is 0 Å². The largest absolute Gasteiger partial charge is 0.492 e. The maximum Gasteiger partial charge on any atom is 0.248 e. The van der Waals surface area contributed by atoms with Crippen molar-refractivity contribution in [1.29, 1.82) is 5.26 Å². The maximum absolute atomic E-state index is 12.6. The molecular formula is C32H31ClN6O3. The zero-order valence-corrected chi connectivity index (χ0v) is 24.4. The molecule has 2 heterocycles. The van der Waals surface area contributed by atoms with E-state index in [1.807, 2.05) is 56.3 Å². The van der Waals surface area contributed by atoms with E-state index in [1.165, 1.54) is 12.3 Å². The second-order valence-corrected chi connectivity index (χ2v) is 9.78. The molecule has 2 aromatic carbocycles. The van der Waals surface area contributed by atoms with Crippen LogP contribution in [0.2, 0.25) is 5.02 Å². The fourth-order valence-electron chi connectivity index (χ4n) is 3.96. The number of likely N-dealkylation sites (N-methyl/N-ethyl adjacent to an activating group) is 1. The lowest BCUT2D eigenvalue weighted by Gasteiger charge is -2.16. The first-order valence-electron chi connectivity index (χ1n) is 13.3. The van der Waals surface area contributed by atoms with Crippen LogP contribution in [0, 0.1) is 11.3 Å². The fourth-order valence-corrected chi connectivity index (χ4v) is 4.20. The average Bonchev–Trinajstić information content (AvgIpc) is 2.94. The molecule has 0 bridgehead atoms. The molecule has 1 aliphatic rings. The number of aromatic nitrogens is 1. The number of aliphatic imine (C=N–C) groups is 1. The van der Waals surface area contributed by atoms with E-state index in [4.69, 9.17) is 21.1 Å². The highest BCUT2D eigenvalue weighted by atomic mass is 35.5. The van der Waals surface area contributed by atoms with Crippen molar-refractivity contribution in [2.24, 2.45) is 4.99 Å². The molecule has 0 radical (unpaired) electrons. The number of benzene rings is 2. The molecule has 3 aromatic rings. The zero-order chi connectivity index (χ0) is 29.9. The predicted octanol–water partition coefficient (Wildman–Crippen LogP) is 6.42. The summed E-state index contributed by atoms with van der Waals surface area (Å²) >= 11 is 6.56. The van der Waals surface area contributed by atoms with Crippen LogP contribution in [-0.4, -0.2) is 55.9 Å². The molecule has 4 rings (SSSR count). The van der Waals surface area contributed by atoms with Crippen LogP contribution in [0.3, 0.4) is 0 Å². The summed E-state index contributed by atoms with van der Waals surface area (Å²) in [4.78, 5) is 23.4. The number of allylic oxidation sites excluding steroid dienone is 5. The highest BCUT2D eigenvalue weighted by molar-refractivity contribution is 6.32. The Labute approximate surface area is 250 Å². The summed E-state index contributed by atoms with van der Waals surface area (Å²) in [5.74, 6) is 0.669. The molecule has 0 atom stereocenters. The van der Waals surface area contributed by atoms with Crippen LogP contribution >= 0.6 is 11.6 Å². The van der Waals surface area contributed by atoms with Gasteiger partial charge in [-0.25, -0.2) is 0 Å². The lowest BCUT2D eigenvalue weighted by Crippen LogP contribution is -2.13. The van der Waals surface area contributed by atoms with Crippen LogP contribution in [0.5, 0.6) is 11.5 Å². The first-order valence-corrected chi connectivity index (χ1v) is 13.6. The number of anilines is 3. The Balaban J connectivity index is 1.62. The van der Waals surface area contributed by atoms with Crippen LogP contribution in [0.25, 0.3) is 10.9 Å². The third-order valence-corrected chi connectivity index (χ3v) is 6.21. The van der Waals surface area contributed by atoms with Gasteiger partial charge in [0.1, 0.15) is 24.2 Å². The van der Waals surface area contributed by atoms with E-state index in [-0.39, 0.29) is 12.5 Å². The number of hydrogen-bond donors (Lipinski definition) is 2. The van der Waals surface area contributed by atoms with Crippen molar-refractivity contribution in [2.75, 3.05) is 44.5 Å². The number of carbonyl (C=O) groups is 1. The molecule has 9 nitrogen and oxygen atoms in total. The SMILES string of the molecule is CCOc1cc2ncc(C#N)c(Nc3ccc(OCC4=C/C=C\C=C\C=N4)c(Cl)c3)c2cc1NC(=O)/C=C/CN(C)C. The molecule has 0 fully saturated rings. The Morgan fingerprint density at radius 1 is 1.12 bits per heavy atom. The van der Waals surface area contributed by atoms with Gasteiger partial charge in [-0.3, -0.25) is 14.8 Å². The van der Waals surface area contributed by atoms with Crippen LogP contribution in [0.4, 0.5) is 17.1 Å². The summed E-state index contributed by atoms with van der Waals surface area (Å²) in [5, 5.41) is 17.1. The molecule has 0 saturated heterocycles. The Hall–Kier alpha value is -4.91. The number of ether oxygens (including phenoxy) is 2. The molecule has 0 spiro atoms. The van der Waals surface area contributed by atoms with Crippen molar-refractivity contribution in [1.82, 2.24) is 9.88 Å². The number of rotatable bonds is 11. The Morgan fingerprint density at radius 3 is 2.71 bits per heavy atom. The fraction of sp³-hybridized carbons (Fsp3) is 0.188. The minimum Gasteiger partial charge on any atom is -0.492 e. The van der Waals surface area contributed by atoms with Crippen molar-refractivity contribution in [3.05, 3.63) is 95.3 Å². The number of amides is 1. The van der Waals surface area contributed by atoms with Crippen LogP contribution in [-0.2, 0) is 4.79 Å². The van der Waals surface area contributed by atoms with Crippen molar-refractivity contribution in [3.8, 4) is 17.6 Å². The van der Waals surface area contributed by atoms with Crippen molar-refractivity contribution in [3.63, 3.8) is 0 Å². The van der Waals surface area contributed by atoms with E-state index in [9.17, 15) is 10.1 Å². The second kappa shape index (κ2) is 14.6. The highest BCUT2D eigenvalue weighted by Gasteiger charge is 2.16. The van der Waals surface area contributed by atoms with Gasteiger partial charge in [-0.2, -0.15) is 5.26 Å². The summed E-state index contributed by atoms with van der Waals surface area (Å²) in [6.45, 7) is 3.13. The molecule has 2 N–H and O–H groups in total. The number of carbonyl (C=O) groups excluding carboxylic acids is 1. The number of nitriles is 1. The summed E-state index contributed by atoms with van der Waals surface area (Å²) in [5.41, 5.74) is 3.27. The number of fused-ring (bicyclic) bond motifs is 1. The monoisotopic (exact) mass is 582 g/mol. The average molecular weight is 583 g/mol. The number of nitrogens with one attached hydrogen (secondary N) is 2. The predicted molar refractivity (Wildman–Crippen MR) is 169 cm³/mol. The summed E-state index contributed by atoms with van der Waals surface area (Å²) < 4.78 is 11.7. The van der Waals surface area contributed by atoms with Gasteiger partial charge in [-0.1, -0.05) is 35.9 Å². The topological polar surface area (TPSA) is 112 Å². The molecule has 0 saturated carbocycles. The summed E-state index contributed by atoms with van der Waals surface area (Å²) in [6, 6.07) is 11.0. The van der Waals surface area contributed by atoms with E-state index in [2.05, 4.69) is 26.7 Å². The zero-order valence-electron chi connectivity index (χ0n) is 23.6. The quantitative estimate of drug-likeness (QED) is 0.251. The van der Waals surface area contributed by atoms with Crippen LogP contribution in [0.1, 0.15) is 12.5 Å². The van der Waals surface area contributed by atoms with E-state index in [0.29, 0.717) is 63.2 Å². The van der Waals surface area contributed by atoms with Gasteiger partial charge in [0.15, 0.2) is 0 Å².